The van der Waals surface area contributed by atoms with Crippen molar-refractivity contribution in [3.8, 4) is 0 Å². The summed E-state index contributed by atoms with van der Waals surface area (Å²) in [7, 11) is 0. The molecule has 1 saturated heterocycles. The molecule has 1 aliphatic rings. The Morgan fingerprint density at radius 3 is 2.56 bits per heavy atom. The van der Waals surface area contributed by atoms with Crippen molar-refractivity contribution >= 4 is 0 Å². The topological polar surface area (TPSA) is 29.3 Å². The Kier molecular flexibility index (Phi) is 3.62. The summed E-state index contributed by atoms with van der Waals surface area (Å²) in [6.45, 7) is 6.51. The van der Waals surface area contributed by atoms with E-state index in [0.717, 1.165) is 6.04 Å². The van der Waals surface area contributed by atoms with Crippen LogP contribution in [0.5, 0.6) is 0 Å². The van der Waals surface area contributed by atoms with Crippen LogP contribution in [0.2, 0.25) is 0 Å². The third-order valence-corrected chi connectivity index (χ3v) is 3.80. The van der Waals surface area contributed by atoms with Crippen LogP contribution in [-0.2, 0) is 6.54 Å². The third-order valence-electron chi connectivity index (χ3n) is 3.80. The van der Waals surface area contributed by atoms with Gasteiger partial charge in [0.15, 0.2) is 0 Å². The number of nitrogens with two attached hydrogens (primary N) is 1. The van der Waals surface area contributed by atoms with Crippen LogP contribution >= 0.6 is 0 Å². The molecule has 0 aromatic heterocycles. The first-order valence-electron chi connectivity index (χ1n) is 6.27. The fraction of sp³-hybridized carbons (Fsp3) is 0.571. The van der Waals surface area contributed by atoms with Crippen molar-refractivity contribution < 1.29 is 0 Å². The summed E-state index contributed by atoms with van der Waals surface area (Å²) in [5.41, 5.74) is 8.23. The molecule has 0 spiro atoms. The quantitative estimate of drug-likeness (QED) is 0.845. The van der Waals surface area contributed by atoms with E-state index < -0.39 is 0 Å². The van der Waals surface area contributed by atoms with Gasteiger partial charge in [0.25, 0.3) is 0 Å². The minimum atomic E-state index is 0.532. The van der Waals surface area contributed by atoms with E-state index in [0.29, 0.717) is 12.6 Å². The zero-order valence-corrected chi connectivity index (χ0v) is 10.3. The Hall–Kier alpha value is -0.860. The summed E-state index contributed by atoms with van der Waals surface area (Å²) in [6.07, 6.45) is 2.68. The fourth-order valence-corrected chi connectivity index (χ4v) is 2.65. The van der Waals surface area contributed by atoms with Crippen molar-refractivity contribution in [1.29, 1.82) is 0 Å². The highest BCUT2D eigenvalue weighted by atomic mass is 15.2. The first kappa shape index (κ1) is 11.6. The second kappa shape index (κ2) is 4.98. The summed E-state index contributed by atoms with van der Waals surface area (Å²) < 4.78 is 0. The SMILES string of the molecule is CC1CCCN1C(C)c1ccc(CN)cc1. The van der Waals surface area contributed by atoms with Crippen molar-refractivity contribution in [3.05, 3.63) is 35.4 Å². The van der Waals surface area contributed by atoms with E-state index in [1.807, 2.05) is 0 Å². The minimum Gasteiger partial charge on any atom is -0.326 e. The predicted octanol–water partition coefficient (Wildman–Crippen LogP) is 2.69. The smallest absolute Gasteiger partial charge is 0.0322 e. The number of benzene rings is 1. The van der Waals surface area contributed by atoms with Crippen LogP contribution in [0.4, 0.5) is 0 Å². The van der Waals surface area contributed by atoms with Gasteiger partial charge in [-0.3, -0.25) is 4.90 Å². The van der Waals surface area contributed by atoms with Gasteiger partial charge in [0.2, 0.25) is 0 Å². The zero-order valence-electron chi connectivity index (χ0n) is 10.3. The number of rotatable bonds is 3. The average Bonchev–Trinajstić information content (AvgIpc) is 2.75. The summed E-state index contributed by atoms with van der Waals surface area (Å²) in [5, 5.41) is 0. The molecule has 1 heterocycles. The third kappa shape index (κ3) is 2.28. The Bertz CT molecular complexity index is 331. The average molecular weight is 218 g/mol. The zero-order chi connectivity index (χ0) is 11.5. The lowest BCUT2D eigenvalue weighted by atomic mass is 10.0. The first-order valence-corrected chi connectivity index (χ1v) is 6.27. The fourth-order valence-electron chi connectivity index (χ4n) is 2.65. The van der Waals surface area contributed by atoms with Crippen molar-refractivity contribution in [2.45, 2.75) is 45.3 Å². The van der Waals surface area contributed by atoms with Gasteiger partial charge in [-0.2, -0.15) is 0 Å². The molecule has 2 nitrogen and oxygen atoms in total. The maximum absolute atomic E-state index is 5.61. The van der Waals surface area contributed by atoms with Crippen LogP contribution in [-0.4, -0.2) is 17.5 Å². The van der Waals surface area contributed by atoms with E-state index in [1.165, 1.54) is 30.5 Å². The lowest BCUT2D eigenvalue weighted by Gasteiger charge is -2.28. The summed E-state index contributed by atoms with van der Waals surface area (Å²) in [4.78, 5) is 2.59. The van der Waals surface area contributed by atoms with Crippen LogP contribution in [0.3, 0.4) is 0 Å². The van der Waals surface area contributed by atoms with Gasteiger partial charge in [0.05, 0.1) is 0 Å². The Morgan fingerprint density at radius 1 is 1.38 bits per heavy atom. The Morgan fingerprint density at radius 2 is 2.06 bits per heavy atom. The van der Waals surface area contributed by atoms with E-state index in [9.17, 15) is 0 Å². The molecule has 2 N–H and O–H groups in total. The summed E-state index contributed by atoms with van der Waals surface area (Å²) in [5.74, 6) is 0. The molecule has 2 rings (SSSR count). The molecule has 0 saturated carbocycles. The molecule has 16 heavy (non-hydrogen) atoms. The van der Waals surface area contributed by atoms with Crippen molar-refractivity contribution in [2.75, 3.05) is 6.54 Å². The van der Waals surface area contributed by atoms with Gasteiger partial charge in [-0.1, -0.05) is 24.3 Å². The van der Waals surface area contributed by atoms with E-state index >= 15 is 0 Å². The van der Waals surface area contributed by atoms with E-state index in [1.54, 1.807) is 0 Å². The second-order valence-corrected chi connectivity index (χ2v) is 4.85. The summed E-state index contributed by atoms with van der Waals surface area (Å²) >= 11 is 0. The number of nitrogens with zero attached hydrogens (tertiary/aromatic N) is 1. The molecular formula is C14H22N2. The number of likely N-dealkylation sites (tertiary alicyclic amines) is 1. The molecule has 2 heteroatoms. The van der Waals surface area contributed by atoms with Crippen LogP contribution in [0.25, 0.3) is 0 Å². The van der Waals surface area contributed by atoms with E-state index in [-0.39, 0.29) is 0 Å². The first-order chi connectivity index (χ1) is 7.72. The molecule has 0 aliphatic carbocycles. The van der Waals surface area contributed by atoms with Gasteiger partial charge < -0.3 is 5.73 Å². The number of hydrogen-bond donors (Lipinski definition) is 1. The normalized spacial score (nSPS) is 23.6. The highest BCUT2D eigenvalue weighted by Gasteiger charge is 2.25. The van der Waals surface area contributed by atoms with Gasteiger partial charge in [0.1, 0.15) is 0 Å². The highest BCUT2D eigenvalue weighted by molar-refractivity contribution is 5.24. The highest BCUT2D eigenvalue weighted by Crippen LogP contribution is 2.28. The minimum absolute atomic E-state index is 0.532. The molecule has 0 bridgehead atoms. The lowest BCUT2D eigenvalue weighted by molar-refractivity contribution is 0.204. The van der Waals surface area contributed by atoms with Gasteiger partial charge in [-0.25, -0.2) is 0 Å². The standard InChI is InChI=1S/C14H22N2/c1-11-4-3-9-16(11)12(2)14-7-5-13(10-15)6-8-14/h5-8,11-12H,3-4,9-10,15H2,1-2H3. The molecule has 1 aliphatic heterocycles. The monoisotopic (exact) mass is 218 g/mol. The molecule has 2 unspecified atom stereocenters. The molecule has 0 radical (unpaired) electrons. The molecule has 1 aromatic carbocycles. The van der Waals surface area contributed by atoms with Crippen LogP contribution < -0.4 is 5.73 Å². The van der Waals surface area contributed by atoms with E-state index in [2.05, 4.69) is 43.0 Å². The molecule has 2 atom stereocenters. The molecular weight excluding hydrogens is 196 g/mol. The molecule has 88 valence electrons. The summed E-state index contributed by atoms with van der Waals surface area (Å²) in [6, 6.07) is 9.99. The van der Waals surface area contributed by atoms with Gasteiger partial charge in [-0.15, -0.1) is 0 Å². The maximum Gasteiger partial charge on any atom is 0.0322 e. The molecule has 1 aromatic rings. The Balaban J connectivity index is 2.10. The van der Waals surface area contributed by atoms with E-state index in [4.69, 9.17) is 5.73 Å². The van der Waals surface area contributed by atoms with Crippen LogP contribution in [0.15, 0.2) is 24.3 Å². The van der Waals surface area contributed by atoms with Crippen molar-refractivity contribution in [1.82, 2.24) is 4.90 Å². The van der Waals surface area contributed by atoms with Gasteiger partial charge in [0, 0.05) is 18.6 Å². The Labute approximate surface area is 98.4 Å². The largest absolute Gasteiger partial charge is 0.326 e. The maximum atomic E-state index is 5.61. The molecule has 1 fully saturated rings. The van der Waals surface area contributed by atoms with Crippen LogP contribution in [0.1, 0.15) is 43.9 Å². The van der Waals surface area contributed by atoms with Crippen molar-refractivity contribution in [2.24, 2.45) is 5.73 Å². The van der Waals surface area contributed by atoms with Gasteiger partial charge in [-0.05, 0) is 44.4 Å². The number of hydrogen-bond acceptors (Lipinski definition) is 2. The molecule has 0 amide bonds. The lowest BCUT2D eigenvalue weighted by Crippen LogP contribution is -2.29. The second-order valence-electron chi connectivity index (χ2n) is 4.85. The van der Waals surface area contributed by atoms with Crippen LogP contribution in [0, 0.1) is 0 Å². The van der Waals surface area contributed by atoms with Gasteiger partial charge >= 0.3 is 0 Å². The van der Waals surface area contributed by atoms with Crippen molar-refractivity contribution in [3.63, 3.8) is 0 Å². The predicted molar refractivity (Wildman–Crippen MR) is 68.2 cm³/mol.